The molecule has 0 unspecified atom stereocenters. The fourth-order valence-electron chi connectivity index (χ4n) is 2.83. The highest BCUT2D eigenvalue weighted by Gasteiger charge is 2.36. The van der Waals surface area contributed by atoms with Crippen molar-refractivity contribution in [3.8, 4) is 0 Å². The Morgan fingerprint density at radius 1 is 1.32 bits per heavy atom. The Kier molecular flexibility index (Phi) is 5.35. The van der Waals surface area contributed by atoms with E-state index in [0.29, 0.717) is 12.5 Å². The van der Waals surface area contributed by atoms with Gasteiger partial charge in [0.1, 0.15) is 0 Å². The average Bonchev–Trinajstić information content (AvgIpc) is 2.45. The number of nitrogens with one attached hydrogen (secondary N) is 1. The molecular weight excluding hydrogens is 298 g/mol. The van der Waals surface area contributed by atoms with Gasteiger partial charge >= 0.3 is 0 Å². The van der Waals surface area contributed by atoms with E-state index in [9.17, 15) is 0 Å². The Morgan fingerprint density at radius 3 is 2.55 bits per heavy atom. The number of rotatable bonds is 3. The predicted molar refractivity (Wildman–Crippen MR) is 92.6 cm³/mol. The van der Waals surface area contributed by atoms with Gasteiger partial charge in [-0.15, -0.1) is 0 Å². The van der Waals surface area contributed by atoms with Crippen molar-refractivity contribution in [1.29, 1.82) is 0 Å². The van der Waals surface area contributed by atoms with Crippen LogP contribution in [-0.2, 0) is 10.2 Å². The van der Waals surface area contributed by atoms with Crippen molar-refractivity contribution < 1.29 is 4.74 Å². The predicted octanol–water partition coefficient (Wildman–Crippen LogP) is 3.09. The number of ether oxygens (including phenoxy) is 1. The van der Waals surface area contributed by atoms with E-state index in [1.165, 1.54) is 0 Å². The van der Waals surface area contributed by atoms with Crippen molar-refractivity contribution in [3.05, 3.63) is 34.9 Å². The Hall–Kier alpha value is -1.26. The standard InChI is InChI=1S/C17H26ClN3O/c1-16(2,3)21-15(19)20-12-17(8-10-22-11-9-17)13-6-4-5-7-14(13)18/h4-7H,8-12H2,1-3H3,(H3,19,20,21). The van der Waals surface area contributed by atoms with Gasteiger partial charge in [0.05, 0.1) is 6.54 Å². The third-order valence-electron chi connectivity index (χ3n) is 3.95. The van der Waals surface area contributed by atoms with E-state index in [4.69, 9.17) is 22.1 Å². The second-order valence-corrected chi connectivity index (χ2v) is 7.36. The van der Waals surface area contributed by atoms with Gasteiger partial charge in [-0.25, -0.2) is 0 Å². The number of nitrogens with zero attached hydrogens (tertiary/aromatic N) is 1. The summed E-state index contributed by atoms with van der Waals surface area (Å²) in [6.07, 6.45) is 1.81. The van der Waals surface area contributed by atoms with E-state index in [-0.39, 0.29) is 11.0 Å². The van der Waals surface area contributed by atoms with Crippen LogP contribution in [0.2, 0.25) is 5.02 Å². The second-order valence-electron chi connectivity index (χ2n) is 6.95. The highest BCUT2D eigenvalue weighted by molar-refractivity contribution is 6.31. The summed E-state index contributed by atoms with van der Waals surface area (Å²) >= 11 is 6.43. The summed E-state index contributed by atoms with van der Waals surface area (Å²) in [6, 6.07) is 8.02. The van der Waals surface area contributed by atoms with Crippen LogP contribution in [0.25, 0.3) is 0 Å². The Balaban J connectivity index is 2.24. The van der Waals surface area contributed by atoms with Crippen LogP contribution in [0.15, 0.2) is 29.3 Å². The summed E-state index contributed by atoms with van der Waals surface area (Å²) < 4.78 is 5.54. The van der Waals surface area contributed by atoms with Crippen LogP contribution in [0.3, 0.4) is 0 Å². The molecular formula is C17H26ClN3O. The number of guanidine groups is 1. The summed E-state index contributed by atoms with van der Waals surface area (Å²) in [7, 11) is 0. The minimum Gasteiger partial charge on any atom is -0.381 e. The lowest BCUT2D eigenvalue weighted by atomic mass is 9.74. The molecule has 4 nitrogen and oxygen atoms in total. The van der Waals surface area contributed by atoms with Gasteiger partial charge in [0.25, 0.3) is 0 Å². The summed E-state index contributed by atoms with van der Waals surface area (Å²) in [5, 5.41) is 4.00. The van der Waals surface area contributed by atoms with Crippen LogP contribution >= 0.6 is 11.6 Å². The van der Waals surface area contributed by atoms with Gasteiger partial charge in [0, 0.05) is 29.2 Å². The van der Waals surface area contributed by atoms with E-state index >= 15 is 0 Å². The molecule has 0 amide bonds. The van der Waals surface area contributed by atoms with Crippen molar-refractivity contribution in [2.45, 2.75) is 44.6 Å². The molecule has 0 saturated carbocycles. The normalized spacial score (nSPS) is 19.0. The number of nitrogens with two attached hydrogens (primary N) is 1. The zero-order valence-corrected chi connectivity index (χ0v) is 14.4. The first-order valence-corrected chi connectivity index (χ1v) is 8.11. The molecule has 3 N–H and O–H groups in total. The van der Waals surface area contributed by atoms with Gasteiger partial charge in [-0.1, -0.05) is 29.8 Å². The maximum atomic E-state index is 6.43. The molecule has 0 aliphatic carbocycles. The first-order valence-electron chi connectivity index (χ1n) is 7.73. The first-order chi connectivity index (χ1) is 10.3. The molecule has 0 spiro atoms. The summed E-state index contributed by atoms with van der Waals surface area (Å²) in [6.45, 7) is 8.27. The molecule has 1 fully saturated rings. The summed E-state index contributed by atoms with van der Waals surface area (Å²) in [5.74, 6) is 0.477. The Bertz CT molecular complexity index is 531. The molecule has 1 heterocycles. The summed E-state index contributed by atoms with van der Waals surface area (Å²) in [5.41, 5.74) is 6.98. The van der Waals surface area contributed by atoms with Crippen molar-refractivity contribution in [2.24, 2.45) is 10.7 Å². The largest absolute Gasteiger partial charge is 0.381 e. The van der Waals surface area contributed by atoms with E-state index in [1.807, 2.05) is 18.2 Å². The first kappa shape index (κ1) is 17.1. The van der Waals surface area contributed by atoms with Crippen LogP contribution in [-0.4, -0.2) is 31.3 Å². The molecule has 0 bridgehead atoms. The zero-order chi connectivity index (χ0) is 16.2. The van der Waals surface area contributed by atoms with Crippen LogP contribution in [0.4, 0.5) is 0 Å². The van der Waals surface area contributed by atoms with Gasteiger partial charge < -0.3 is 15.8 Å². The third kappa shape index (κ3) is 4.37. The topological polar surface area (TPSA) is 59.6 Å². The van der Waals surface area contributed by atoms with Gasteiger partial charge in [-0.3, -0.25) is 4.99 Å². The lowest BCUT2D eigenvalue weighted by Gasteiger charge is -2.37. The Morgan fingerprint density at radius 2 is 1.95 bits per heavy atom. The molecule has 1 aromatic carbocycles. The lowest BCUT2D eigenvalue weighted by Crippen LogP contribution is -2.46. The van der Waals surface area contributed by atoms with Gasteiger partial charge in [0.2, 0.25) is 0 Å². The van der Waals surface area contributed by atoms with E-state index in [1.54, 1.807) is 0 Å². The van der Waals surface area contributed by atoms with Crippen molar-refractivity contribution in [1.82, 2.24) is 5.32 Å². The molecule has 1 saturated heterocycles. The molecule has 22 heavy (non-hydrogen) atoms. The number of halogens is 1. The van der Waals surface area contributed by atoms with Crippen LogP contribution in [0, 0.1) is 0 Å². The maximum absolute atomic E-state index is 6.43. The second kappa shape index (κ2) is 6.88. The van der Waals surface area contributed by atoms with E-state index < -0.39 is 0 Å². The van der Waals surface area contributed by atoms with Crippen molar-refractivity contribution in [3.63, 3.8) is 0 Å². The smallest absolute Gasteiger partial charge is 0.189 e. The maximum Gasteiger partial charge on any atom is 0.189 e. The van der Waals surface area contributed by atoms with Crippen molar-refractivity contribution >= 4 is 17.6 Å². The minimum atomic E-state index is -0.0965. The fourth-order valence-corrected chi connectivity index (χ4v) is 3.16. The number of aliphatic imine (C=N–C) groups is 1. The van der Waals surface area contributed by atoms with Crippen LogP contribution in [0.5, 0.6) is 0 Å². The molecule has 1 aliphatic rings. The molecule has 0 radical (unpaired) electrons. The highest BCUT2D eigenvalue weighted by atomic mass is 35.5. The molecule has 2 rings (SSSR count). The number of hydrogen-bond acceptors (Lipinski definition) is 2. The average molecular weight is 324 g/mol. The molecule has 122 valence electrons. The fraction of sp³-hybridized carbons (Fsp3) is 0.588. The van der Waals surface area contributed by atoms with Crippen LogP contribution < -0.4 is 11.1 Å². The van der Waals surface area contributed by atoms with Gasteiger partial charge in [-0.2, -0.15) is 0 Å². The SMILES string of the molecule is CC(C)(C)NC(N)=NCC1(c2ccccc2Cl)CCOCC1. The molecule has 0 aromatic heterocycles. The molecule has 1 aliphatic heterocycles. The molecule has 0 atom stereocenters. The van der Waals surface area contributed by atoms with Gasteiger partial charge in [-0.05, 0) is 45.2 Å². The van der Waals surface area contributed by atoms with E-state index in [0.717, 1.165) is 36.6 Å². The highest BCUT2D eigenvalue weighted by Crippen LogP contribution is 2.38. The van der Waals surface area contributed by atoms with Crippen LogP contribution in [0.1, 0.15) is 39.2 Å². The molecule has 5 heteroatoms. The Labute approximate surface area is 138 Å². The third-order valence-corrected chi connectivity index (χ3v) is 4.28. The monoisotopic (exact) mass is 323 g/mol. The number of hydrogen-bond donors (Lipinski definition) is 2. The minimum absolute atomic E-state index is 0.0964. The van der Waals surface area contributed by atoms with E-state index in [2.05, 4.69) is 37.1 Å². The summed E-state index contributed by atoms with van der Waals surface area (Å²) in [4.78, 5) is 4.59. The van der Waals surface area contributed by atoms with Gasteiger partial charge in [0.15, 0.2) is 5.96 Å². The molecule has 1 aromatic rings. The zero-order valence-electron chi connectivity index (χ0n) is 13.7. The number of benzene rings is 1. The lowest BCUT2D eigenvalue weighted by molar-refractivity contribution is 0.0531. The quantitative estimate of drug-likeness (QED) is 0.664. The van der Waals surface area contributed by atoms with Crippen molar-refractivity contribution in [2.75, 3.05) is 19.8 Å².